The van der Waals surface area contributed by atoms with E-state index in [-0.39, 0.29) is 0 Å². The van der Waals surface area contributed by atoms with E-state index < -0.39 is 25.8 Å². The molecule has 0 aliphatic heterocycles. The predicted octanol–water partition coefficient (Wildman–Crippen LogP) is 6.58. The molecule has 28 heavy (non-hydrogen) atoms. The van der Waals surface area contributed by atoms with Gasteiger partial charge >= 0.3 is 5.97 Å². The van der Waals surface area contributed by atoms with Crippen LogP contribution in [-0.4, -0.2) is 20.4 Å². The number of carbonyl (C=O) groups is 1. The highest BCUT2D eigenvalue weighted by Gasteiger charge is 2.49. The first-order valence-corrected chi connectivity index (χ1v) is 12.2. The first-order valence-electron chi connectivity index (χ1n) is 10.0. The lowest BCUT2D eigenvalue weighted by atomic mass is 9.85. The summed E-state index contributed by atoms with van der Waals surface area (Å²) < 4.78 is 12.4. The zero-order valence-electron chi connectivity index (χ0n) is 18.7. The monoisotopic (exact) mass is 400 g/mol. The molecule has 3 nitrogen and oxygen atoms in total. The van der Waals surface area contributed by atoms with Gasteiger partial charge in [0.05, 0.1) is 16.7 Å². The van der Waals surface area contributed by atoms with Crippen LogP contribution in [0.3, 0.4) is 0 Å². The Labute approximate surface area is 172 Å². The summed E-state index contributed by atoms with van der Waals surface area (Å²) >= 11 is 0. The second-order valence-electron chi connectivity index (χ2n) is 8.88. The van der Waals surface area contributed by atoms with Crippen molar-refractivity contribution in [1.82, 2.24) is 0 Å². The van der Waals surface area contributed by atoms with Crippen LogP contribution in [0.4, 0.5) is 0 Å². The van der Waals surface area contributed by atoms with Crippen molar-refractivity contribution in [2.24, 2.45) is 5.41 Å². The molecule has 1 atom stereocenters. The summed E-state index contributed by atoms with van der Waals surface area (Å²) in [6.07, 6.45) is 4.98. The Bertz CT molecular complexity index is 689. The number of rotatable bonds is 9. The molecule has 0 amide bonds. The highest BCUT2D eigenvalue weighted by Crippen LogP contribution is 2.46. The summed E-state index contributed by atoms with van der Waals surface area (Å²) in [6.45, 7) is 21.4. The molecule has 0 aliphatic carbocycles. The molecule has 1 rings (SSSR count). The van der Waals surface area contributed by atoms with Crippen molar-refractivity contribution in [3.05, 3.63) is 48.2 Å². The number of benzene rings is 1. The lowest BCUT2D eigenvalue weighted by Crippen LogP contribution is -2.49. The van der Waals surface area contributed by atoms with Gasteiger partial charge in [-0.05, 0) is 42.6 Å². The van der Waals surface area contributed by atoms with Gasteiger partial charge in [-0.25, -0.2) is 4.79 Å². The minimum Gasteiger partial charge on any atom is -0.546 e. The van der Waals surface area contributed by atoms with E-state index in [4.69, 9.17) is 15.6 Å². The highest BCUT2D eigenvalue weighted by atomic mass is 28.4. The number of carbonyl (C=O) groups excluding carboxylic acids is 1. The zero-order valence-corrected chi connectivity index (χ0v) is 19.7. The molecule has 0 heterocycles. The predicted molar refractivity (Wildman–Crippen MR) is 120 cm³/mol. The molecule has 0 N–H and O–H groups in total. The van der Waals surface area contributed by atoms with Gasteiger partial charge in [0, 0.05) is 0 Å². The molecule has 154 valence electrons. The van der Waals surface area contributed by atoms with Gasteiger partial charge in [-0.2, -0.15) is 0 Å². The van der Waals surface area contributed by atoms with Crippen molar-refractivity contribution in [2.45, 2.75) is 78.1 Å². The van der Waals surface area contributed by atoms with Crippen molar-refractivity contribution in [3.63, 3.8) is 0 Å². The third kappa shape index (κ3) is 4.88. The minimum absolute atomic E-state index is 0.413. The number of hydrogen-bond acceptors (Lipinski definition) is 3. The van der Waals surface area contributed by atoms with E-state index in [1.807, 2.05) is 19.9 Å². The molecular weight excluding hydrogens is 364 g/mol. The largest absolute Gasteiger partial charge is 0.546 e. The normalized spacial score (nSPS) is 13.4. The first kappa shape index (κ1) is 24.0. The fourth-order valence-corrected chi connectivity index (χ4v) is 9.38. The van der Waals surface area contributed by atoms with Gasteiger partial charge in [-0.3, -0.25) is 0 Å². The third-order valence-corrected chi connectivity index (χ3v) is 11.8. The average Bonchev–Trinajstić information content (AvgIpc) is 2.63. The number of ether oxygens (including phenoxy) is 1. The summed E-state index contributed by atoms with van der Waals surface area (Å²) in [5.41, 5.74) is 1.000. The molecular formula is C24H36O3Si. The average molecular weight is 401 g/mol. The maximum absolute atomic E-state index is 12.5. The van der Waals surface area contributed by atoms with Gasteiger partial charge in [-0.1, -0.05) is 72.2 Å². The summed E-state index contributed by atoms with van der Waals surface area (Å²) in [7, 11) is -2.17. The number of esters is 1. The Hall–Kier alpha value is -1.99. The highest BCUT2D eigenvalue weighted by molar-refractivity contribution is 6.77. The van der Waals surface area contributed by atoms with Gasteiger partial charge in [0.25, 0.3) is 8.32 Å². The summed E-state index contributed by atoms with van der Waals surface area (Å²) in [6, 6.07) is 8.86. The number of terminal acetylenes is 1. The zero-order chi connectivity index (χ0) is 21.7. The molecule has 0 aromatic heterocycles. The van der Waals surface area contributed by atoms with E-state index in [0.29, 0.717) is 27.9 Å². The standard InChI is InChI=1S/C24H36O3Si/c1-11-22(26-23(25)21-15-13-12-14-16-21)24(9,10)20(8)27-28(17(2)3,18(4)5)19(6)7/h1,12-19,22H,8H2,2-7,9-10H3. The third-order valence-electron chi connectivity index (χ3n) is 5.77. The quantitative estimate of drug-likeness (QED) is 0.203. The van der Waals surface area contributed by atoms with Crippen molar-refractivity contribution >= 4 is 14.3 Å². The molecule has 1 unspecified atom stereocenters. The van der Waals surface area contributed by atoms with E-state index in [1.165, 1.54) is 0 Å². The van der Waals surface area contributed by atoms with Crippen molar-refractivity contribution in [2.75, 3.05) is 0 Å². The molecule has 0 fully saturated rings. The second kappa shape index (κ2) is 9.47. The van der Waals surface area contributed by atoms with E-state index in [2.05, 4.69) is 54.0 Å². The molecule has 0 saturated carbocycles. The molecule has 0 spiro atoms. The van der Waals surface area contributed by atoms with Gasteiger partial charge in [-0.15, -0.1) is 6.42 Å². The first-order chi connectivity index (χ1) is 12.9. The Balaban J connectivity index is 3.12. The SMILES string of the molecule is C#CC(OC(=O)c1ccccc1)C(C)(C)C(=C)O[Si](C(C)C)(C(C)C)C(C)C. The molecule has 1 aromatic rings. The summed E-state index contributed by atoms with van der Waals surface area (Å²) in [5.74, 6) is 2.79. The topological polar surface area (TPSA) is 35.5 Å². The Kier molecular flexibility index (Phi) is 8.13. The molecule has 0 aliphatic rings. The van der Waals surface area contributed by atoms with Crippen molar-refractivity contribution in [1.29, 1.82) is 0 Å². The maximum Gasteiger partial charge on any atom is 0.339 e. The van der Waals surface area contributed by atoms with Crippen molar-refractivity contribution < 1.29 is 14.0 Å². The van der Waals surface area contributed by atoms with E-state index in [1.54, 1.807) is 24.3 Å². The Morgan fingerprint density at radius 3 is 1.89 bits per heavy atom. The van der Waals surface area contributed by atoms with Crippen LogP contribution in [0.2, 0.25) is 16.6 Å². The van der Waals surface area contributed by atoms with E-state index in [0.717, 1.165) is 0 Å². The summed E-state index contributed by atoms with van der Waals surface area (Å²) in [4.78, 5) is 12.5. The van der Waals surface area contributed by atoms with Gasteiger partial charge < -0.3 is 9.16 Å². The van der Waals surface area contributed by atoms with Crippen LogP contribution in [0.25, 0.3) is 0 Å². The van der Waals surface area contributed by atoms with Crippen LogP contribution in [0.5, 0.6) is 0 Å². The second-order valence-corrected chi connectivity index (χ2v) is 14.3. The maximum atomic E-state index is 12.5. The van der Waals surface area contributed by atoms with Gasteiger partial charge in [0.2, 0.25) is 0 Å². The molecule has 4 heteroatoms. The lowest BCUT2D eigenvalue weighted by molar-refractivity contribution is 0.0142. The van der Waals surface area contributed by atoms with Crippen LogP contribution in [0.1, 0.15) is 65.7 Å². The van der Waals surface area contributed by atoms with E-state index in [9.17, 15) is 4.79 Å². The van der Waals surface area contributed by atoms with Crippen molar-refractivity contribution in [3.8, 4) is 12.3 Å². The minimum atomic E-state index is -2.17. The van der Waals surface area contributed by atoms with Crippen LogP contribution in [0.15, 0.2) is 42.7 Å². The summed E-state index contributed by atoms with van der Waals surface area (Å²) in [5, 5.41) is 0. The fraction of sp³-hybridized carbons (Fsp3) is 0.542. The molecule has 1 aromatic carbocycles. The number of hydrogen-bond donors (Lipinski definition) is 0. The Morgan fingerprint density at radius 2 is 1.50 bits per heavy atom. The van der Waals surface area contributed by atoms with Crippen LogP contribution in [-0.2, 0) is 9.16 Å². The molecule has 0 radical (unpaired) electrons. The van der Waals surface area contributed by atoms with Crippen LogP contribution >= 0.6 is 0 Å². The van der Waals surface area contributed by atoms with Crippen LogP contribution < -0.4 is 0 Å². The fourth-order valence-electron chi connectivity index (χ4n) is 3.98. The molecule has 0 bridgehead atoms. The Morgan fingerprint density at radius 1 is 1.04 bits per heavy atom. The molecule has 0 saturated heterocycles. The van der Waals surface area contributed by atoms with Crippen LogP contribution in [0, 0.1) is 17.8 Å². The smallest absolute Gasteiger partial charge is 0.339 e. The van der Waals surface area contributed by atoms with Gasteiger partial charge in [0.1, 0.15) is 0 Å². The van der Waals surface area contributed by atoms with Gasteiger partial charge in [0.15, 0.2) is 6.10 Å². The lowest BCUT2D eigenvalue weighted by Gasteiger charge is -2.46. The van der Waals surface area contributed by atoms with E-state index >= 15 is 0 Å².